The standard InChI is InChI=1S/C32H55OTe/c1-22(21-34)8-7-9-23(2)27-12-13-28-26-11-10-24-20-25(33)14-17-32(24,19-18-30(3,4)5)29(26)15-16-31(27,28)6/h10,22-23,25-29,33H,7-9,11-21H2,1-6H3/t22?,23-,25+,26+,27-,28+,29+,31-,32-/m1/s1. The number of rotatable bonds is 8. The molecule has 1 radical (unpaired) electrons. The Labute approximate surface area is 225 Å². The molecule has 4 aliphatic rings. The predicted molar refractivity (Wildman–Crippen MR) is 147 cm³/mol. The Morgan fingerprint density at radius 1 is 1.06 bits per heavy atom. The maximum absolute atomic E-state index is 10.6. The molecule has 4 rings (SSSR count). The van der Waals surface area contributed by atoms with E-state index in [1.807, 2.05) is 0 Å². The maximum atomic E-state index is 10.6. The molecule has 195 valence electrons. The molecular weight excluding hydrogens is 528 g/mol. The molecule has 0 aliphatic heterocycles. The second kappa shape index (κ2) is 10.7. The first-order valence-corrected chi connectivity index (χ1v) is 16.6. The van der Waals surface area contributed by atoms with Crippen LogP contribution in [0.4, 0.5) is 0 Å². The molecule has 3 saturated carbocycles. The van der Waals surface area contributed by atoms with Crippen molar-refractivity contribution in [3.8, 4) is 0 Å². The van der Waals surface area contributed by atoms with E-state index in [9.17, 15) is 5.11 Å². The van der Waals surface area contributed by atoms with Gasteiger partial charge in [0.1, 0.15) is 0 Å². The molecule has 2 heteroatoms. The van der Waals surface area contributed by atoms with E-state index in [0.717, 1.165) is 48.3 Å². The minimum absolute atomic E-state index is 0.0910. The van der Waals surface area contributed by atoms with Gasteiger partial charge in [0.05, 0.1) is 6.10 Å². The Balaban J connectivity index is 1.52. The molecule has 3 fully saturated rings. The Bertz CT molecular complexity index is 721. The summed E-state index contributed by atoms with van der Waals surface area (Å²) in [6.07, 6.45) is 20.0. The summed E-state index contributed by atoms with van der Waals surface area (Å²) >= 11 is 2.28. The fourth-order valence-corrected chi connectivity index (χ4v) is 10.0. The van der Waals surface area contributed by atoms with Gasteiger partial charge in [0.2, 0.25) is 0 Å². The zero-order valence-electron chi connectivity index (χ0n) is 23.4. The molecule has 34 heavy (non-hydrogen) atoms. The van der Waals surface area contributed by atoms with Gasteiger partial charge in [-0.2, -0.15) is 0 Å². The Hall–Kier alpha value is 0.490. The third-order valence-corrected chi connectivity index (χ3v) is 13.1. The van der Waals surface area contributed by atoms with Crippen molar-refractivity contribution in [1.29, 1.82) is 0 Å². The van der Waals surface area contributed by atoms with Gasteiger partial charge in [0.25, 0.3) is 0 Å². The van der Waals surface area contributed by atoms with Crippen molar-refractivity contribution in [3.05, 3.63) is 11.6 Å². The van der Waals surface area contributed by atoms with E-state index in [2.05, 4.69) is 69.9 Å². The summed E-state index contributed by atoms with van der Waals surface area (Å²) < 4.78 is 1.35. The van der Waals surface area contributed by atoms with Gasteiger partial charge in [-0.05, 0) is 37.5 Å². The van der Waals surface area contributed by atoms with Crippen LogP contribution in [0.1, 0.15) is 125 Å². The van der Waals surface area contributed by atoms with Crippen LogP contribution in [-0.2, 0) is 0 Å². The van der Waals surface area contributed by atoms with Crippen molar-refractivity contribution in [2.24, 2.45) is 51.8 Å². The molecule has 1 nitrogen and oxygen atoms in total. The molecule has 0 aromatic rings. The van der Waals surface area contributed by atoms with Crippen molar-refractivity contribution >= 4 is 22.3 Å². The molecule has 0 aromatic heterocycles. The third-order valence-electron chi connectivity index (χ3n) is 11.5. The topological polar surface area (TPSA) is 20.2 Å². The molecule has 0 heterocycles. The first-order valence-electron chi connectivity index (χ1n) is 15.0. The van der Waals surface area contributed by atoms with Crippen molar-refractivity contribution in [2.45, 2.75) is 136 Å². The monoisotopic (exact) mass is 585 g/mol. The number of aliphatic hydroxyl groups excluding tert-OH is 1. The number of aliphatic hydroxyl groups is 1. The number of allylic oxidation sites excluding steroid dienone is 1. The first kappa shape index (κ1) is 27.5. The second-order valence-electron chi connectivity index (χ2n) is 14.9. The van der Waals surface area contributed by atoms with Gasteiger partial charge in [-0.1, -0.05) is 26.3 Å². The summed E-state index contributed by atoms with van der Waals surface area (Å²) in [6, 6.07) is 0. The molecular formula is C32H55OTe. The van der Waals surface area contributed by atoms with E-state index in [4.69, 9.17) is 0 Å². The fourth-order valence-electron chi connectivity index (χ4n) is 9.55. The van der Waals surface area contributed by atoms with Gasteiger partial charge < -0.3 is 5.11 Å². The Kier molecular flexibility index (Phi) is 8.66. The van der Waals surface area contributed by atoms with Crippen molar-refractivity contribution < 1.29 is 5.11 Å². The third kappa shape index (κ3) is 5.37. The molecule has 0 saturated heterocycles. The van der Waals surface area contributed by atoms with Crippen LogP contribution < -0.4 is 0 Å². The van der Waals surface area contributed by atoms with E-state index in [0.29, 0.717) is 16.2 Å². The fraction of sp³-hybridized carbons (Fsp3) is 0.938. The van der Waals surface area contributed by atoms with Gasteiger partial charge in [-0.3, -0.25) is 0 Å². The zero-order chi connectivity index (χ0) is 24.7. The molecule has 0 aromatic carbocycles. The van der Waals surface area contributed by atoms with Crippen LogP contribution in [0.5, 0.6) is 0 Å². The van der Waals surface area contributed by atoms with Crippen LogP contribution in [0.25, 0.3) is 0 Å². The Morgan fingerprint density at radius 3 is 2.53 bits per heavy atom. The number of fused-ring (bicyclic) bond motifs is 5. The molecule has 0 amide bonds. The SMILES string of the molecule is CC(C[Te])CCC[C@@H](C)[C@H]1CC[C@H]2[C@@H]3CC=C4C[C@@H](O)CC[C@]4(CCC(C)(C)C)[C@H]3CC[C@]12C. The van der Waals surface area contributed by atoms with E-state index < -0.39 is 0 Å². The summed E-state index contributed by atoms with van der Waals surface area (Å²) in [5.41, 5.74) is 3.04. The van der Waals surface area contributed by atoms with Gasteiger partial charge in [0.15, 0.2) is 0 Å². The van der Waals surface area contributed by atoms with Crippen molar-refractivity contribution in [2.75, 3.05) is 0 Å². The van der Waals surface area contributed by atoms with Gasteiger partial charge in [0, 0.05) is 0 Å². The van der Waals surface area contributed by atoms with Crippen LogP contribution in [-0.4, -0.2) is 33.5 Å². The molecule has 0 spiro atoms. The Morgan fingerprint density at radius 2 is 1.82 bits per heavy atom. The predicted octanol–water partition coefficient (Wildman–Crippen LogP) is 8.76. The van der Waals surface area contributed by atoms with Crippen LogP contribution >= 0.6 is 0 Å². The molecule has 1 unspecified atom stereocenters. The van der Waals surface area contributed by atoms with Crippen LogP contribution in [0.15, 0.2) is 11.6 Å². The van der Waals surface area contributed by atoms with Crippen LogP contribution in [0.2, 0.25) is 4.47 Å². The second-order valence-corrected chi connectivity index (χ2v) is 15.8. The van der Waals surface area contributed by atoms with Gasteiger partial charge >= 0.3 is 151 Å². The first-order chi connectivity index (χ1) is 16.0. The van der Waals surface area contributed by atoms with E-state index in [1.54, 1.807) is 5.57 Å². The quantitative estimate of drug-likeness (QED) is 0.224. The molecule has 1 N–H and O–H groups in total. The van der Waals surface area contributed by atoms with E-state index >= 15 is 0 Å². The van der Waals surface area contributed by atoms with E-state index in [-0.39, 0.29) is 6.10 Å². The molecule has 4 aliphatic carbocycles. The minimum atomic E-state index is -0.0910. The summed E-state index contributed by atoms with van der Waals surface area (Å²) in [7, 11) is 0. The molecule has 9 atom stereocenters. The van der Waals surface area contributed by atoms with Crippen molar-refractivity contribution in [1.82, 2.24) is 0 Å². The summed E-state index contributed by atoms with van der Waals surface area (Å²) in [5, 5.41) is 10.6. The summed E-state index contributed by atoms with van der Waals surface area (Å²) in [4.78, 5) is 0. The summed E-state index contributed by atoms with van der Waals surface area (Å²) in [6.45, 7) is 15.0. The average Bonchev–Trinajstić information content (AvgIpc) is 3.14. The van der Waals surface area contributed by atoms with Crippen LogP contribution in [0.3, 0.4) is 0 Å². The number of hydrogen-bond acceptors (Lipinski definition) is 1. The average molecular weight is 583 g/mol. The van der Waals surface area contributed by atoms with Crippen LogP contribution in [0, 0.1) is 51.8 Å². The summed E-state index contributed by atoms with van der Waals surface area (Å²) in [5.74, 6) is 5.45. The zero-order valence-corrected chi connectivity index (χ0v) is 25.7. The molecule has 0 bridgehead atoms. The normalized spacial score (nSPS) is 41.8. The van der Waals surface area contributed by atoms with Crippen molar-refractivity contribution in [3.63, 3.8) is 0 Å². The van der Waals surface area contributed by atoms with Gasteiger partial charge in [-0.25, -0.2) is 0 Å². The van der Waals surface area contributed by atoms with Gasteiger partial charge in [-0.15, -0.1) is 0 Å². The number of hydrogen-bond donors (Lipinski definition) is 1. The van der Waals surface area contributed by atoms with E-state index in [1.165, 1.54) is 75.1 Å².